The Kier molecular flexibility index (Phi) is 7.37. The number of hydrogen-bond acceptors (Lipinski definition) is 3. The molecule has 1 atom stereocenters. The molecule has 4 heteroatoms. The van der Waals surface area contributed by atoms with Crippen molar-refractivity contribution in [2.24, 2.45) is 5.92 Å². The minimum Gasteiger partial charge on any atom is -0.381 e. The number of carbonyl (C=O) groups is 1. The summed E-state index contributed by atoms with van der Waals surface area (Å²) in [6, 6.07) is 0. The van der Waals surface area contributed by atoms with Gasteiger partial charge < -0.3 is 10.1 Å². The highest BCUT2D eigenvalue weighted by Crippen LogP contribution is 2.16. The first-order chi connectivity index (χ1) is 9.84. The lowest BCUT2D eigenvalue weighted by molar-refractivity contribution is -0.122. The van der Waals surface area contributed by atoms with Crippen molar-refractivity contribution < 1.29 is 9.53 Å². The molecule has 0 aromatic rings. The minimum atomic E-state index is 0.197. The van der Waals surface area contributed by atoms with Crippen LogP contribution in [0, 0.1) is 5.92 Å². The number of nitrogens with zero attached hydrogens (tertiary/aromatic N) is 1. The van der Waals surface area contributed by atoms with E-state index in [-0.39, 0.29) is 5.91 Å². The van der Waals surface area contributed by atoms with Crippen LogP contribution in [-0.2, 0) is 9.53 Å². The van der Waals surface area contributed by atoms with E-state index in [0.717, 1.165) is 39.3 Å². The molecule has 2 aliphatic rings. The summed E-state index contributed by atoms with van der Waals surface area (Å²) in [5.74, 6) is 0.841. The predicted octanol–water partition coefficient (Wildman–Crippen LogP) is 2.19. The SMILES string of the molecule is O=C(CN1CCCCCCC1)NCC[C@@H]1CCCOC1. The molecule has 0 aromatic heterocycles. The number of amides is 1. The summed E-state index contributed by atoms with van der Waals surface area (Å²) in [5.41, 5.74) is 0. The van der Waals surface area contributed by atoms with Gasteiger partial charge >= 0.3 is 0 Å². The number of likely N-dealkylation sites (tertiary alicyclic amines) is 1. The standard InChI is InChI=1S/C16H30N2O2/c19-16(13-18-10-4-2-1-3-5-11-18)17-9-8-15-7-6-12-20-14-15/h15H,1-14H2,(H,17,19)/t15-/m0/s1. The summed E-state index contributed by atoms with van der Waals surface area (Å²) >= 11 is 0. The highest BCUT2D eigenvalue weighted by atomic mass is 16.5. The van der Waals surface area contributed by atoms with Crippen molar-refractivity contribution in [2.45, 2.75) is 51.4 Å². The third-order valence-corrected chi connectivity index (χ3v) is 4.45. The van der Waals surface area contributed by atoms with E-state index >= 15 is 0 Å². The van der Waals surface area contributed by atoms with E-state index in [1.807, 2.05) is 0 Å². The van der Waals surface area contributed by atoms with Crippen LogP contribution >= 0.6 is 0 Å². The molecule has 0 spiro atoms. The summed E-state index contributed by atoms with van der Waals surface area (Å²) in [4.78, 5) is 14.3. The van der Waals surface area contributed by atoms with Gasteiger partial charge in [-0.3, -0.25) is 9.69 Å². The van der Waals surface area contributed by atoms with Crippen LogP contribution in [0.1, 0.15) is 51.4 Å². The molecular weight excluding hydrogens is 252 g/mol. The molecule has 2 rings (SSSR count). The van der Waals surface area contributed by atoms with Gasteiger partial charge in [-0.2, -0.15) is 0 Å². The van der Waals surface area contributed by atoms with Crippen molar-refractivity contribution in [3.05, 3.63) is 0 Å². The maximum atomic E-state index is 12.0. The monoisotopic (exact) mass is 282 g/mol. The number of nitrogens with one attached hydrogen (secondary N) is 1. The average Bonchev–Trinajstić information content (AvgIpc) is 2.43. The minimum absolute atomic E-state index is 0.197. The average molecular weight is 282 g/mol. The van der Waals surface area contributed by atoms with E-state index < -0.39 is 0 Å². The Bertz CT molecular complexity index is 270. The van der Waals surface area contributed by atoms with Gasteiger partial charge in [0.25, 0.3) is 0 Å². The summed E-state index contributed by atoms with van der Waals surface area (Å²) in [6.45, 7) is 5.36. The molecule has 0 aliphatic carbocycles. The third kappa shape index (κ3) is 6.23. The van der Waals surface area contributed by atoms with Crippen molar-refractivity contribution in [3.63, 3.8) is 0 Å². The number of carbonyl (C=O) groups excluding carboxylic acids is 1. The van der Waals surface area contributed by atoms with Gasteiger partial charge in [0, 0.05) is 19.8 Å². The lowest BCUT2D eigenvalue weighted by Gasteiger charge is -2.24. The van der Waals surface area contributed by atoms with Crippen LogP contribution in [0.25, 0.3) is 0 Å². The Morgan fingerprint density at radius 2 is 1.85 bits per heavy atom. The normalized spacial score (nSPS) is 25.7. The van der Waals surface area contributed by atoms with Crippen molar-refractivity contribution in [2.75, 3.05) is 39.4 Å². The van der Waals surface area contributed by atoms with Gasteiger partial charge in [-0.1, -0.05) is 19.3 Å². The zero-order valence-corrected chi connectivity index (χ0v) is 12.7. The van der Waals surface area contributed by atoms with Crippen LogP contribution in [0.3, 0.4) is 0 Å². The van der Waals surface area contributed by atoms with Crippen LogP contribution in [0.5, 0.6) is 0 Å². The zero-order valence-electron chi connectivity index (χ0n) is 12.7. The maximum Gasteiger partial charge on any atom is 0.234 e. The fraction of sp³-hybridized carbons (Fsp3) is 0.938. The fourth-order valence-electron chi connectivity index (χ4n) is 3.18. The molecule has 0 radical (unpaired) electrons. The van der Waals surface area contributed by atoms with Crippen molar-refractivity contribution in [1.82, 2.24) is 10.2 Å². The molecule has 1 amide bonds. The van der Waals surface area contributed by atoms with E-state index in [9.17, 15) is 4.79 Å². The molecule has 116 valence electrons. The van der Waals surface area contributed by atoms with Gasteiger partial charge in [0.05, 0.1) is 6.54 Å². The Morgan fingerprint density at radius 1 is 1.10 bits per heavy atom. The second-order valence-electron chi connectivity index (χ2n) is 6.27. The van der Waals surface area contributed by atoms with E-state index in [1.54, 1.807) is 0 Å². The van der Waals surface area contributed by atoms with Crippen molar-refractivity contribution in [1.29, 1.82) is 0 Å². The number of ether oxygens (including phenoxy) is 1. The predicted molar refractivity (Wildman–Crippen MR) is 80.7 cm³/mol. The second kappa shape index (κ2) is 9.35. The maximum absolute atomic E-state index is 12.0. The van der Waals surface area contributed by atoms with Gasteiger partial charge in [0.1, 0.15) is 0 Å². The molecule has 0 aromatic carbocycles. The number of hydrogen-bond donors (Lipinski definition) is 1. The molecule has 2 aliphatic heterocycles. The lowest BCUT2D eigenvalue weighted by atomic mass is 9.99. The van der Waals surface area contributed by atoms with Crippen molar-refractivity contribution >= 4 is 5.91 Å². The first-order valence-corrected chi connectivity index (χ1v) is 8.41. The molecule has 0 saturated carbocycles. The van der Waals surface area contributed by atoms with E-state index in [1.165, 1.54) is 44.9 Å². The second-order valence-corrected chi connectivity index (χ2v) is 6.27. The van der Waals surface area contributed by atoms with Crippen molar-refractivity contribution in [3.8, 4) is 0 Å². The molecule has 1 N–H and O–H groups in total. The van der Waals surface area contributed by atoms with Gasteiger partial charge in [-0.15, -0.1) is 0 Å². The zero-order chi connectivity index (χ0) is 14.0. The van der Waals surface area contributed by atoms with E-state index in [0.29, 0.717) is 12.5 Å². The Balaban J connectivity index is 1.56. The smallest absolute Gasteiger partial charge is 0.234 e. The summed E-state index contributed by atoms with van der Waals surface area (Å²) in [7, 11) is 0. The molecule has 2 fully saturated rings. The highest BCUT2D eigenvalue weighted by Gasteiger charge is 2.15. The Morgan fingerprint density at radius 3 is 2.55 bits per heavy atom. The number of rotatable bonds is 5. The molecule has 0 unspecified atom stereocenters. The topological polar surface area (TPSA) is 41.6 Å². The summed E-state index contributed by atoms with van der Waals surface area (Å²) < 4.78 is 5.47. The summed E-state index contributed by atoms with van der Waals surface area (Å²) in [5, 5.41) is 3.08. The quantitative estimate of drug-likeness (QED) is 0.840. The van der Waals surface area contributed by atoms with Crippen LogP contribution in [0.4, 0.5) is 0 Å². The van der Waals surface area contributed by atoms with Crippen LogP contribution < -0.4 is 5.32 Å². The van der Waals surface area contributed by atoms with E-state index in [4.69, 9.17) is 4.74 Å². The largest absolute Gasteiger partial charge is 0.381 e. The molecule has 0 bridgehead atoms. The lowest BCUT2D eigenvalue weighted by Crippen LogP contribution is -2.39. The molecule has 4 nitrogen and oxygen atoms in total. The molecule has 2 saturated heterocycles. The first-order valence-electron chi connectivity index (χ1n) is 8.41. The molecule has 2 heterocycles. The highest BCUT2D eigenvalue weighted by molar-refractivity contribution is 5.77. The Labute approximate surface area is 123 Å². The fourth-order valence-corrected chi connectivity index (χ4v) is 3.18. The van der Waals surface area contributed by atoms with Gasteiger partial charge in [0.2, 0.25) is 5.91 Å². The first kappa shape index (κ1) is 15.8. The van der Waals surface area contributed by atoms with Crippen LogP contribution in [-0.4, -0.2) is 50.2 Å². The van der Waals surface area contributed by atoms with Gasteiger partial charge in [-0.25, -0.2) is 0 Å². The van der Waals surface area contributed by atoms with Crippen LogP contribution in [0.15, 0.2) is 0 Å². The van der Waals surface area contributed by atoms with Gasteiger partial charge in [0.15, 0.2) is 0 Å². The Hall–Kier alpha value is -0.610. The summed E-state index contributed by atoms with van der Waals surface area (Å²) in [6.07, 6.45) is 9.97. The van der Waals surface area contributed by atoms with Crippen LogP contribution in [0.2, 0.25) is 0 Å². The third-order valence-electron chi connectivity index (χ3n) is 4.45. The molecular formula is C16H30N2O2. The van der Waals surface area contributed by atoms with E-state index in [2.05, 4.69) is 10.2 Å². The molecule has 20 heavy (non-hydrogen) atoms. The van der Waals surface area contributed by atoms with Gasteiger partial charge in [-0.05, 0) is 51.1 Å².